The van der Waals surface area contributed by atoms with Crippen LogP contribution in [0.4, 0.5) is 0 Å². The summed E-state index contributed by atoms with van der Waals surface area (Å²) in [4.78, 5) is 15.1. The average molecular weight is 806 g/mol. The van der Waals surface area contributed by atoms with E-state index in [1.165, 1.54) is 21.9 Å². The zero-order chi connectivity index (χ0) is 41.4. The highest BCUT2D eigenvalue weighted by atomic mass is 16.3. The minimum atomic E-state index is 0.607. The van der Waals surface area contributed by atoms with E-state index in [-0.39, 0.29) is 0 Å². The van der Waals surface area contributed by atoms with E-state index in [4.69, 9.17) is 19.4 Å². The Morgan fingerprint density at radius 1 is 0.302 bits per heavy atom. The van der Waals surface area contributed by atoms with E-state index in [0.717, 1.165) is 82.8 Å². The molecule has 0 aliphatic heterocycles. The number of para-hydroxylation sites is 3. The van der Waals surface area contributed by atoms with Crippen LogP contribution in [0.2, 0.25) is 0 Å². The first-order valence-electron chi connectivity index (χ1n) is 21.2. The van der Waals surface area contributed by atoms with Crippen molar-refractivity contribution >= 4 is 65.6 Å². The monoisotopic (exact) mass is 805 g/mol. The SMILES string of the molecule is c1ccc(-c2ccc3c(c2)c2ccccc2n3-c2cccc3c2oc2c3ccc3c4ccc(-c5nc(-c6ccccc6)nc(-c6ccccc6)n5)cc4n(-c4ccccc4)c32)cc1. The van der Waals surface area contributed by atoms with Crippen molar-refractivity contribution in [2.24, 2.45) is 0 Å². The number of furan rings is 1. The molecule has 0 aliphatic carbocycles. The van der Waals surface area contributed by atoms with Gasteiger partial charge in [-0.15, -0.1) is 0 Å². The molecular formula is C57H35N5O. The summed E-state index contributed by atoms with van der Waals surface area (Å²) in [5.74, 6) is 1.86. The number of rotatable bonds is 6. The van der Waals surface area contributed by atoms with Crippen molar-refractivity contribution in [3.05, 3.63) is 212 Å². The Bertz CT molecular complexity index is 3830. The van der Waals surface area contributed by atoms with Gasteiger partial charge in [0.15, 0.2) is 28.6 Å². The van der Waals surface area contributed by atoms with E-state index < -0.39 is 0 Å². The Morgan fingerprint density at radius 2 is 0.825 bits per heavy atom. The molecule has 63 heavy (non-hydrogen) atoms. The number of nitrogens with zero attached hydrogens (tertiary/aromatic N) is 5. The molecule has 0 radical (unpaired) electrons. The lowest BCUT2D eigenvalue weighted by atomic mass is 10.0. The van der Waals surface area contributed by atoms with Crippen LogP contribution in [-0.4, -0.2) is 24.1 Å². The highest BCUT2D eigenvalue weighted by Gasteiger charge is 2.23. The van der Waals surface area contributed by atoms with Crippen LogP contribution in [0.3, 0.4) is 0 Å². The first-order valence-corrected chi connectivity index (χ1v) is 21.2. The van der Waals surface area contributed by atoms with Crippen molar-refractivity contribution in [2.45, 2.75) is 0 Å². The normalized spacial score (nSPS) is 11.8. The Labute approximate surface area is 361 Å². The average Bonchev–Trinajstić information content (AvgIpc) is 4.02. The van der Waals surface area contributed by atoms with Crippen LogP contribution in [-0.2, 0) is 0 Å². The Kier molecular flexibility index (Phi) is 7.80. The molecule has 6 heteroatoms. The van der Waals surface area contributed by atoms with Gasteiger partial charge in [0.25, 0.3) is 0 Å². The molecule has 0 spiro atoms. The number of aromatic nitrogens is 5. The quantitative estimate of drug-likeness (QED) is 0.168. The third-order valence-electron chi connectivity index (χ3n) is 12.4. The van der Waals surface area contributed by atoms with E-state index in [1.54, 1.807) is 0 Å². The molecule has 4 aromatic heterocycles. The third kappa shape index (κ3) is 5.55. The largest absolute Gasteiger partial charge is 0.452 e. The van der Waals surface area contributed by atoms with Gasteiger partial charge in [-0.2, -0.15) is 0 Å². The van der Waals surface area contributed by atoms with Crippen LogP contribution in [0.25, 0.3) is 122 Å². The minimum Gasteiger partial charge on any atom is -0.452 e. The molecule has 0 fully saturated rings. The smallest absolute Gasteiger partial charge is 0.164 e. The van der Waals surface area contributed by atoms with Crippen molar-refractivity contribution in [2.75, 3.05) is 0 Å². The second-order valence-corrected chi connectivity index (χ2v) is 16.0. The standard InChI is InChI=1S/C57H35N5O/c1-5-16-36(17-6-1)39-29-33-49-47(34-39)42-24-13-14-26-48(42)62(49)50-27-15-25-45-46-32-31-44-43-30-28-40(35-51(43)61(41-22-11-4-12-23-41)52(44)54(46)63-53(45)50)57-59-55(37-18-7-2-8-19-37)58-56(60-57)38-20-9-3-10-21-38/h1-35H. The summed E-state index contributed by atoms with van der Waals surface area (Å²) in [5.41, 5.74) is 13.1. The van der Waals surface area contributed by atoms with Gasteiger partial charge in [-0.25, -0.2) is 15.0 Å². The van der Waals surface area contributed by atoms with Crippen LogP contribution in [0.15, 0.2) is 217 Å². The summed E-state index contributed by atoms with van der Waals surface area (Å²) in [5, 5.41) is 6.73. The fourth-order valence-corrected chi connectivity index (χ4v) is 9.48. The van der Waals surface area contributed by atoms with Gasteiger partial charge in [0.05, 0.1) is 27.8 Å². The molecule has 13 rings (SSSR count). The molecule has 0 saturated heterocycles. The van der Waals surface area contributed by atoms with E-state index in [1.807, 2.05) is 60.7 Å². The lowest BCUT2D eigenvalue weighted by Gasteiger charge is -2.10. The van der Waals surface area contributed by atoms with Gasteiger partial charge < -0.3 is 13.6 Å². The van der Waals surface area contributed by atoms with Gasteiger partial charge in [0, 0.05) is 54.7 Å². The highest BCUT2D eigenvalue weighted by Crippen LogP contribution is 2.44. The van der Waals surface area contributed by atoms with Crippen molar-refractivity contribution in [1.29, 1.82) is 0 Å². The Balaban J connectivity index is 1.05. The summed E-state index contributed by atoms with van der Waals surface area (Å²) < 4.78 is 12.0. The van der Waals surface area contributed by atoms with Crippen LogP contribution in [0.1, 0.15) is 0 Å². The maximum absolute atomic E-state index is 7.27. The van der Waals surface area contributed by atoms with E-state index in [0.29, 0.717) is 17.5 Å². The van der Waals surface area contributed by atoms with E-state index in [9.17, 15) is 0 Å². The van der Waals surface area contributed by atoms with Crippen LogP contribution in [0, 0.1) is 0 Å². The van der Waals surface area contributed by atoms with Gasteiger partial charge in [0.1, 0.15) is 0 Å². The molecule has 0 aliphatic rings. The van der Waals surface area contributed by atoms with Crippen LogP contribution < -0.4 is 0 Å². The zero-order valence-electron chi connectivity index (χ0n) is 33.9. The lowest BCUT2D eigenvalue weighted by Crippen LogP contribution is -2.00. The molecule has 294 valence electrons. The van der Waals surface area contributed by atoms with Gasteiger partial charge in [-0.05, 0) is 59.7 Å². The van der Waals surface area contributed by atoms with E-state index in [2.05, 4.69) is 161 Å². The number of benzene rings is 9. The van der Waals surface area contributed by atoms with Crippen molar-refractivity contribution in [3.8, 4) is 56.7 Å². The molecular weight excluding hydrogens is 771 g/mol. The third-order valence-corrected chi connectivity index (χ3v) is 12.4. The molecule has 4 heterocycles. The molecule has 0 unspecified atom stereocenters. The summed E-state index contributed by atoms with van der Waals surface area (Å²) in [7, 11) is 0. The summed E-state index contributed by atoms with van der Waals surface area (Å²) >= 11 is 0. The molecule has 0 amide bonds. The highest BCUT2D eigenvalue weighted by molar-refractivity contribution is 6.23. The van der Waals surface area contributed by atoms with Gasteiger partial charge in [-0.3, -0.25) is 0 Å². The van der Waals surface area contributed by atoms with E-state index >= 15 is 0 Å². The molecule has 0 atom stereocenters. The molecule has 6 nitrogen and oxygen atoms in total. The molecule has 0 bridgehead atoms. The van der Waals surface area contributed by atoms with Gasteiger partial charge >= 0.3 is 0 Å². The van der Waals surface area contributed by atoms with Crippen LogP contribution >= 0.6 is 0 Å². The minimum absolute atomic E-state index is 0.607. The summed E-state index contributed by atoms with van der Waals surface area (Å²) in [6.45, 7) is 0. The fraction of sp³-hybridized carbons (Fsp3) is 0. The predicted octanol–water partition coefficient (Wildman–Crippen LogP) is 14.6. The zero-order valence-corrected chi connectivity index (χ0v) is 33.9. The molecule has 9 aromatic carbocycles. The van der Waals surface area contributed by atoms with Gasteiger partial charge in [0.2, 0.25) is 0 Å². The van der Waals surface area contributed by atoms with Crippen molar-refractivity contribution < 1.29 is 4.42 Å². The lowest BCUT2D eigenvalue weighted by molar-refractivity contribution is 0.668. The second kappa shape index (κ2) is 14.0. The number of fused-ring (bicyclic) bond motifs is 10. The van der Waals surface area contributed by atoms with Crippen molar-refractivity contribution in [1.82, 2.24) is 24.1 Å². The number of hydrogen-bond donors (Lipinski definition) is 0. The Hall–Kier alpha value is -8.61. The first kappa shape index (κ1) is 35.2. The Morgan fingerprint density at radius 3 is 1.54 bits per heavy atom. The van der Waals surface area contributed by atoms with Crippen molar-refractivity contribution in [3.63, 3.8) is 0 Å². The summed E-state index contributed by atoms with van der Waals surface area (Å²) in [6.07, 6.45) is 0. The topological polar surface area (TPSA) is 61.7 Å². The maximum Gasteiger partial charge on any atom is 0.164 e. The maximum atomic E-state index is 7.27. The molecule has 13 aromatic rings. The van der Waals surface area contributed by atoms with Gasteiger partial charge in [-0.1, -0.05) is 164 Å². The van der Waals surface area contributed by atoms with Crippen LogP contribution in [0.5, 0.6) is 0 Å². The molecule has 0 saturated carbocycles. The molecule has 0 N–H and O–H groups in total. The first-order chi connectivity index (χ1) is 31.2. The number of hydrogen-bond acceptors (Lipinski definition) is 4. The summed E-state index contributed by atoms with van der Waals surface area (Å²) in [6, 6.07) is 74.3. The fourth-order valence-electron chi connectivity index (χ4n) is 9.48. The predicted molar refractivity (Wildman–Crippen MR) is 258 cm³/mol. The second-order valence-electron chi connectivity index (χ2n) is 16.0.